The fraction of sp³-hybridized carbons (Fsp3) is 0.417. The quantitative estimate of drug-likeness (QED) is 0.591. The minimum Gasteiger partial charge on any atom is -0.497 e. The lowest BCUT2D eigenvalue weighted by Crippen LogP contribution is -2.32. The van der Waals surface area contributed by atoms with Gasteiger partial charge in [-0.1, -0.05) is 0 Å². The molecule has 0 saturated carbocycles. The summed E-state index contributed by atoms with van der Waals surface area (Å²) in [4.78, 5) is 24.4. The highest BCUT2D eigenvalue weighted by Crippen LogP contribution is 2.33. The molecular weight excluding hydrogens is 420 g/mol. The summed E-state index contributed by atoms with van der Waals surface area (Å²) in [5.41, 5.74) is 3.50. The third-order valence-electron chi connectivity index (χ3n) is 5.76. The number of methoxy groups -OCH3 is 2. The van der Waals surface area contributed by atoms with Crippen LogP contribution in [0.1, 0.15) is 41.1 Å². The van der Waals surface area contributed by atoms with E-state index in [-0.39, 0.29) is 5.91 Å². The maximum absolute atomic E-state index is 13.0. The minimum atomic E-state index is -0.228. The molecule has 1 fully saturated rings. The van der Waals surface area contributed by atoms with E-state index in [0.717, 1.165) is 48.8 Å². The van der Waals surface area contributed by atoms with Crippen molar-refractivity contribution in [1.82, 2.24) is 25.1 Å². The number of amides is 1. The van der Waals surface area contributed by atoms with Gasteiger partial charge in [0.15, 0.2) is 0 Å². The van der Waals surface area contributed by atoms with Crippen LogP contribution >= 0.6 is 0 Å². The molecule has 0 radical (unpaired) electrons. The van der Waals surface area contributed by atoms with Crippen LogP contribution in [0, 0.1) is 6.92 Å². The highest BCUT2D eigenvalue weighted by molar-refractivity contribution is 5.93. The van der Waals surface area contributed by atoms with E-state index < -0.39 is 0 Å². The molecule has 0 unspecified atom stereocenters. The van der Waals surface area contributed by atoms with Gasteiger partial charge in [0.1, 0.15) is 17.2 Å². The first-order chi connectivity index (χ1) is 16.0. The van der Waals surface area contributed by atoms with Gasteiger partial charge in [-0.15, -0.1) is 0 Å². The molecule has 1 amide bonds. The van der Waals surface area contributed by atoms with Crippen molar-refractivity contribution in [2.75, 3.05) is 32.2 Å². The highest BCUT2D eigenvalue weighted by Gasteiger charge is 2.18. The number of piperidine rings is 1. The summed E-state index contributed by atoms with van der Waals surface area (Å²) in [6.07, 6.45) is 3.56. The summed E-state index contributed by atoms with van der Waals surface area (Å²) in [7, 11) is 4.95. The fourth-order valence-corrected chi connectivity index (χ4v) is 4.03. The summed E-state index contributed by atoms with van der Waals surface area (Å²) in [6, 6.07) is 9.13. The number of rotatable bonds is 7. The molecule has 0 aliphatic carbocycles. The van der Waals surface area contributed by atoms with E-state index in [1.165, 1.54) is 6.42 Å². The number of nitrogens with zero attached hydrogens (tertiary/aromatic N) is 5. The molecule has 33 heavy (non-hydrogen) atoms. The standard InChI is InChI=1S/C24H30N6O3/c1-16-12-17(27-24(26-16)30-10-6-5-7-11-30)15-25-23(31)21-14-20(28-29(21)2)19-13-18(32-3)8-9-22(19)33-4/h8-9,12-14H,5-7,10-11,15H2,1-4H3,(H,25,31). The van der Waals surface area contributed by atoms with Gasteiger partial charge >= 0.3 is 0 Å². The SMILES string of the molecule is COc1ccc(OC)c(-c2cc(C(=O)NCc3cc(C)nc(N4CCCCC4)n3)n(C)n2)c1. The van der Waals surface area contributed by atoms with Crippen LogP contribution in [-0.4, -0.2) is 53.0 Å². The van der Waals surface area contributed by atoms with Crippen molar-refractivity contribution in [2.45, 2.75) is 32.7 Å². The first-order valence-corrected chi connectivity index (χ1v) is 11.1. The van der Waals surface area contributed by atoms with Crippen LogP contribution in [0.25, 0.3) is 11.3 Å². The smallest absolute Gasteiger partial charge is 0.269 e. The number of aromatic nitrogens is 4. The molecule has 9 nitrogen and oxygen atoms in total. The Hall–Kier alpha value is -3.62. The second kappa shape index (κ2) is 9.89. The van der Waals surface area contributed by atoms with Gasteiger partial charge in [-0.05, 0) is 56.5 Å². The Balaban J connectivity index is 1.50. The van der Waals surface area contributed by atoms with Crippen LogP contribution in [0.5, 0.6) is 11.5 Å². The summed E-state index contributed by atoms with van der Waals surface area (Å²) in [5, 5.41) is 7.48. The monoisotopic (exact) mass is 450 g/mol. The van der Waals surface area contributed by atoms with Gasteiger partial charge in [-0.3, -0.25) is 9.48 Å². The molecule has 0 spiro atoms. The first-order valence-electron chi connectivity index (χ1n) is 11.1. The molecule has 1 aliphatic heterocycles. The molecule has 1 aromatic carbocycles. The van der Waals surface area contributed by atoms with Crippen LogP contribution in [0.15, 0.2) is 30.3 Å². The second-order valence-electron chi connectivity index (χ2n) is 8.14. The molecule has 174 valence electrons. The van der Waals surface area contributed by atoms with Crippen LogP contribution in [0.4, 0.5) is 5.95 Å². The maximum Gasteiger partial charge on any atom is 0.269 e. The normalized spacial score (nSPS) is 13.6. The lowest BCUT2D eigenvalue weighted by atomic mass is 10.1. The van der Waals surface area contributed by atoms with Gasteiger partial charge in [-0.25, -0.2) is 9.97 Å². The number of aryl methyl sites for hydroxylation is 2. The molecule has 3 aromatic rings. The largest absolute Gasteiger partial charge is 0.497 e. The van der Waals surface area contributed by atoms with Crippen molar-refractivity contribution in [2.24, 2.45) is 7.05 Å². The van der Waals surface area contributed by atoms with E-state index in [2.05, 4.69) is 25.3 Å². The molecule has 4 rings (SSSR count). The Morgan fingerprint density at radius 2 is 1.85 bits per heavy atom. The van der Waals surface area contributed by atoms with E-state index in [0.29, 0.717) is 29.4 Å². The van der Waals surface area contributed by atoms with E-state index in [1.54, 1.807) is 32.0 Å². The molecule has 1 N–H and O–H groups in total. The zero-order chi connectivity index (χ0) is 23.4. The zero-order valence-corrected chi connectivity index (χ0v) is 19.6. The number of ether oxygens (including phenoxy) is 2. The predicted molar refractivity (Wildman–Crippen MR) is 126 cm³/mol. The Labute approximate surface area is 193 Å². The summed E-state index contributed by atoms with van der Waals surface area (Å²) >= 11 is 0. The Kier molecular flexibility index (Phi) is 6.76. The van der Waals surface area contributed by atoms with Gasteiger partial charge < -0.3 is 19.7 Å². The third kappa shape index (κ3) is 5.08. The minimum absolute atomic E-state index is 0.228. The van der Waals surface area contributed by atoms with Crippen molar-refractivity contribution in [3.8, 4) is 22.8 Å². The van der Waals surface area contributed by atoms with Crippen molar-refractivity contribution in [3.63, 3.8) is 0 Å². The molecule has 9 heteroatoms. The Morgan fingerprint density at radius 1 is 1.06 bits per heavy atom. The Bertz CT molecular complexity index is 1140. The number of benzene rings is 1. The van der Waals surface area contributed by atoms with E-state index >= 15 is 0 Å². The van der Waals surface area contributed by atoms with Crippen molar-refractivity contribution in [3.05, 3.63) is 47.4 Å². The highest BCUT2D eigenvalue weighted by atomic mass is 16.5. The topological polar surface area (TPSA) is 94.4 Å². The molecule has 1 aliphatic rings. The van der Waals surface area contributed by atoms with Gasteiger partial charge in [0.05, 0.1) is 32.2 Å². The molecular formula is C24H30N6O3. The molecule has 0 bridgehead atoms. The Morgan fingerprint density at radius 3 is 2.58 bits per heavy atom. The molecule has 3 heterocycles. The fourth-order valence-electron chi connectivity index (χ4n) is 4.03. The van der Waals surface area contributed by atoms with Crippen LogP contribution in [0.2, 0.25) is 0 Å². The molecule has 2 aromatic heterocycles. The lowest BCUT2D eigenvalue weighted by molar-refractivity contribution is 0.0941. The van der Waals surface area contributed by atoms with E-state index in [4.69, 9.17) is 9.47 Å². The summed E-state index contributed by atoms with van der Waals surface area (Å²) in [5.74, 6) is 1.86. The lowest BCUT2D eigenvalue weighted by Gasteiger charge is -2.27. The zero-order valence-electron chi connectivity index (χ0n) is 19.6. The van der Waals surface area contributed by atoms with E-state index in [1.807, 2.05) is 31.2 Å². The maximum atomic E-state index is 13.0. The summed E-state index contributed by atoms with van der Waals surface area (Å²) in [6.45, 7) is 4.21. The van der Waals surface area contributed by atoms with Crippen LogP contribution < -0.4 is 19.7 Å². The number of nitrogens with one attached hydrogen (secondary N) is 1. The van der Waals surface area contributed by atoms with Crippen molar-refractivity contribution < 1.29 is 14.3 Å². The van der Waals surface area contributed by atoms with Crippen molar-refractivity contribution in [1.29, 1.82) is 0 Å². The van der Waals surface area contributed by atoms with Gasteiger partial charge in [0.2, 0.25) is 5.95 Å². The summed E-state index contributed by atoms with van der Waals surface area (Å²) < 4.78 is 12.4. The van der Waals surface area contributed by atoms with Crippen molar-refractivity contribution >= 4 is 11.9 Å². The number of carbonyl (C=O) groups excluding carboxylic acids is 1. The number of anilines is 1. The molecule has 0 atom stereocenters. The number of carbonyl (C=O) groups is 1. The third-order valence-corrected chi connectivity index (χ3v) is 5.76. The van der Waals surface area contributed by atoms with Gasteiger partial charge in [-0.2, -0.15) is 5.10 Å². The second-order valence-corrected chi connectivity index (χ2v) is 8.14. The average Bonchev–Trinajstić information content (AvgIpc) is 3.23. The number of hydrogen-bond donors (Lipinski definition) is 1. The first kappa shape index (κ1) is 22.6. The number of hydrogen-bond acceptors (Lipinski definition) is 7. The predicted octanol–water partition coefficient (Wildman–Crippen LogP) is 3.12. The van der Waals surface area contributed by atoms with Crippen LogP contribution in [-0.2, 0) is 13.6 Å². The van der Waals surface area contributed by atoms with Gasteiger partial charge in [0.25, 0.3) is 5.91 Å². The average molecular weight is 451 g/mol. The molecule has 1 saturated heterocycles. The van der Waals surface area contributed by atoms with Crippen LogP contribution in [0.3, 0.4) is 0 Å². The van der Waals surface area contributed by atoms with E-state index in [9.17, 15) is 4.79 Å². The van der Waals surface area contributed by atoms with Gasteiger partial charge in [0, 0.05) is 31.4 Å².